The number of H-pyrrole nitrogens is 1. The number of benzene rings is 1. The molecule has 1 fully saturated rings. The van der Waals surface area contributed by atoms with Gasteiger partial charge in [-0.05, 0) is 19.4 Å². The number of fused-ring (bicyclic) bond motifs is 1. The normalized spacial score (nSPS) is 14.9. The minimum Gasteiger partial charge on any atom is -0.358 e. The Balaban J connectivity index is 1.85. The number of urea groups is 1. The van der Waals surface area contributed by atoms with Crippen molar-refractivity contribution in [1.29, 1.82) is 0 Å². The summed E-state index contributed by atoms with van der Waals surface area (Å²) in [4.78, 5) is 53.9. The van der Waals surface area contributed by atoms with Crippen molar-refractivity contribution >= 4 is 34.5 Å². The molecule has 0 unspecified atom stereocenters. The summed E-state index contributed by atoms with van der Waals surface area (Å²) in [5.74, 6) is -2.17. The molecule has 2 heterocycles. The average molecular weight is 341 g/mol. The Kier molecular flexibility index (Phi) is 4.39. The number of amides is 4. The van der Waals surface area contributed by atoms with Gasteiger partial charge in [-0.2, -0.15) is 0 Å². The van der Waals surface area contributed by atoms with E-state index >= 15 is 0 Å². The lowest BCUT2D eigenvalue weighted by Gasteiger charge is -2.14. The molecule has 7 nitrogen and oxygen atoms in total. The summed E-state index contributed by atoms with van der Waals surface area (Å²) in [6.07, 6.45) is 1.41. The molecule has 130 valence electrons. The third-order valence-corrected chi connectivity index (χ3v) is 4.34. The summed E-state index contributed by atoms with van der Waals surface area (Å²) in [5.41, 5.74) is 1.91. The number of aromatic nitrogens is 1. The van der Waals surface area contributed by atoms with Gasteiger partial charge in [0, 0.05) is 28.7 Å². The average Bonchev–Trinajstić information content (AvgIpc) is 3.02. The Labute approximate surface area is 144 Å². The Bertz CT molecular complexity index is 884. The van der Waals surface area contributed by atoms with Crippen molar-refractivity contribution in [2.75, 3.05) is 13.1 Å². The highest BCUT2D eigenvalue weighted by molar-refractivity contribution is 6.45. The molecule has 7 heteroatoms. The van der Waals surface area contributed by atoms with E-state index < -0.39 is 24.4 Å². The van der Waals surface area contributed by atoms with Gasteiger partial charge < -0.3 is 4.98 Å². The van der Waals surface area contributed by atoms with E-state index in [0.29, 0.717) is 17.7 Å². The van der Waals surface area contributed by atoms with Crippen LogP contribution in [0.25, 0.3) is 10.9 Å². The smallest absolute Gasteiger partial charge is 0.334 e. The van der Waals surface area contributed by atoms with E-state index in [1.165, 1.54) is 0 Å². The third-order valence-electron chi connectivity index (χ3n) is 4.34. The van der Waals surface area contributed by atoms with Gasteiger partial charge in [-0.1, -0.05) is 31.5 Å². The first-order valence-electron chi connectivity index (χ1n) is 8.23. The summed E-state index contributed by atoms with van der Waals surface area (Å²) >= 11 is 0. The van der Waals surface area contributed by atoms with E-state index in [-0.39, 0.29) is 12.3 Å². The van der Waals surface area contributed by atoms with Crippen LogP contribution in [0.15, 0.2) is 24.3 Å². The molecule has 1 aromatic heterocycles. The van der Waals surface area contributed by atoms with Crippen LogP contribution in [-0.2, 0) is 9.59 Å². The van der Waals surface area contributed by atoms with Crippen LogP contribution in [0.1, 0.15) is 35.8 Å². The number of carbonyl (C=O) groups excluding carboxylic acids is 4. The van der Waals surface area contributed by atoms with Crippen molar-refractivity contribution < 1.29 is 19.2 Å². The van der Waals surface area contributed by atoms with Crippen LogP contribution in [0.3, 0.4) is 0 Å². The molecule has 1 aliphatic heterocycles. The number of imide groups is 2. The molecule has 0 atom stereocenters. The van der Waals surface area contributed by atoms with Gasteiger partial charge >= 0.3 is 17.8 Å². The molecule has 1 aliphatic rings. The van der Waals surface area contributed by atoms with E-state index in [0.717, 1.165) is 27.1 Å². The van der Waals surface area contributed by atoms with E-state index in [1.54, 1.807) is 13.0 Å². The van der Waals surface area contributed by atoms with Crippen molar-refractivity contribution in [2.45, 2.75) is 26.7 Å². The van der Waals surface area contributed by atoms with Gasteiger partial charge in [0.15, 0.2) is 5.78 Å². The number of aryl methyl sites for hydroxylation is 1. The van der Waals surface area contributed by atoms with Gasteiger partial charge in [-0.15, -0.1) is 0 Å². The van der Waals surface area contributed by atoms with Crippen molar-refractivity contribution in [3.8, 4) is 0 Å². The quantitative estimate of drug-likeness (QED) is 0.496. The van der Waals surface area contributed by atoms with Gasteiger partial charge in [-0.3, -0.25) is 19.3 Å². The standard InChI is InChI=1S/C18H19N3O4/c1-3-4-9-20-16(23)17(24)21(18(20)25)10-14(22)15-11(2)19-13-8-6-5-7-12(13)15/h5-8,19H,3-4,9-10H2,1-2H3. The van der Waals surface area contributed by atoms with Gasteiger partial charge in [0.2, 0.25) is 0 Å². The SMILES string of the molecule is CCCCN1C(=O)C(=O)N(CC(=O)c2c(C)[nH]c3ccccc23)C1=O. The Morgan fingerprint density at radius 1 is 1.08 bits per heavy atom. The topological polar surface area (TPSA) is 90.6 Å². The number of aromatic amines is 1. The highest BCUT2D eigenvalue weighted by Gasteiger charge is 2.44. The number of hydrogen-bond acceptors (Lipinski definition) is 4. The van der Waals surface area contributed by atoms with Crippen LogP contribution in [0.4, 0.5) is 4.79 Å². The van der Waals surface area contributed by atoms with Crippen molar-refractivity contribution in [1.82, 2.24) is 14.8 Å². The number of nitrogens with one attached hydrogen (secondary N) is 1. The molecule has 25 heavy (non-hydrogen) atoms. The molecule has 1 saturated heterocycles. The second-order valence-corrected chi connectivity index (χ2v) is 6.08. The predicted octanol–water partition coefficient (Wildman–Crippen LogP) is 2.25. The first-order valence-corrected chi connectivity index (χ1v) is 8.23. The molecule has 0 bridgehead atoms. The second-order valence-electron chi connectivity index (χ2n) is 6.08. The van der Waals surface area contributed by atoms with Crippen molar-refractivity contribution in [3.63, 3.8) is 0 Å². The van der Waals surface area contributed by atoms with E-state index in [4.69, 9.17) is 0 Å². The maximum Gasteiger partial charge on any atom is 0.334 e. The lowest BCUT2D eigenvalue weighted by molar-refractivity contribution is -0.143. The van der Waals surface area contributed by atoms with E-state index in [1.807, 2.05) is 25.1 Å². The van der Waals surface area contributed by atoms with E-state index in [2.05, 4.69) is 4.98 Å². The molecule has 0 radical (unpaired) electrons. The summed E-state index contributed by atoms with van der Waals surface area (Å²) in [5, 5.41) is 0.735. The lowest BCUT2D eigenvalue weighted by atomic mass is 10.1. The largest absolute Gasteiger partial charge is 0.358 e. The minimum atomic E-state index is -0.938. The zero-order valence-corrected chi connectivity index (χ0v) is 14.2. The monoisotopic (exact) mass is 341 g/mol. The number of Topliss-reactive ketones (excluding diaryl/α,β-unsaturated/α-hetero) is 1. The summed E-state index contributed by atoms with van der Waals surface area (Å²) in [7, 11) is 0. The Morgan fingerprint density at radius 2 is 1.76 bits per heavy atom. The Hall–Kier alpha value is -2.96. The fourth-order valence-corrected chi connectivity index (χ4v) is 3.06. The summed E-state index contributed by atoms with van der Waals surface area (Å²) < 4.78 is 0. The molecular formula is C18H19N3O4. The third kappa shape index (κ3) is 2.82. The number of ketones is 1. The molecule has 4 amide bonds. The van der Waals surface area contributed by atoms with Gasteiger partial charge in [0.05, 0.1) is 6.54 Å². The number of rotatable bonds is 6. The van der Waals surface area contributed by atoms with Crippen LogP contribution < -0.4 is 0 Å². The number of carbonyl (C=O) groups is 4. The second kappa shape index (κ2) is 6.51. The molecule has 1 aromatic carbocycles. The highest BCUT2D eigenvalue weighted by atomic mass is 16.2. The van der Waals surface area contributed by atoms with Crippen molar-refractivity contribution in [2.24, 2.45) is 0 Å². The maximum absolute atomic E-state index is 12.7. The first-order chi connectivity index (χ1) is 12.0. The van der Waals surface area contributed by atoms with Crippen LogP contribution in [0.2, 0.25) is 0 Å². The van der Waals surface area contributed by atoms with Crippen LogP contribution >= 0.6 is 0 Å². The lowest BCUT2D eigenvalue weighted by Crippen LogP contribution is -2.37. The van der Waals surface area contributed by atoms with Gasteiger partial charge in [-0.25, -0.2) is 9.69 Å². The zero-order chi connectivity index (χ0) is 18.1. The molecular weight excluding hydrogens is 322 g/mol. The number of unbranched alkanes of at least 4 members (excludes halogenated alkanes) is 1. The Morgan fingerprint density at radius 3 is 2.48 bits per heavy atom. The summed E-state index contributed by atoms with van der Waals surface area (Å²) in [6, 6.07) is 6.60. The predicted molar refractivity (Wildman–Crippen MR) is 91.1 cm³/mol. The molecule has 0 saturated carbocycles. The van der Waals surface area contributed by atoms with Crippen LogP contribution in [0, 0.1) is 6.92 Å². The van der Waals surface area contributed by atoms with Gasteiger partial charge in [0.25, 0.3) is 0 Å². The van der Waals surface area contributed by atoms with E-state index in [9.17, 15) is 19.2 Å². The molecule has 0 aliphatic carbocycles. The van der Waals surface area contributed by atoms with Gasteiger partial charge in [0.1, 0.15) is 0 Å². The first kappa shape index (κ1) is 16.9. The number of hydrogen-bond donors (Lipinski definition) is 1. The number of nitrogens with zero attached hydrogens (tertiary/aromatic N) is 2. The molecule has 1 N–H and O–H groups in total. The zero-order valence-electron chi connectivity index (χ0n) is 14.2. The van der Waals surface area contributed by atoms with Crippen LogP contribution in [-0.4, -0.2) is 51.5 Å². The molecule has 3 rings (SSSR count). The highest BCUT2D eigenvalue weighted by Crippen LogP contribution is 2.23. The fraction of sp³-hybridized carbons (Fsp3) is 0.333. The van der Waals surface area contributed by atoms with Crippen molar-refractivity contribution in [3.05, 3.63) is 35.5 Å². The number of para-hydroxylation sites is 1. The minimum absolute atomic E-state index is 0.191. The molecule has 0 spiro atoms. The molecule has 2 aromatic rings. The van der Waals surface area contributed by atoms with Crippen LogP contribution in [0.5, 0.6) is 0 Å². The fourth-order valence-electron chi connectivity index (χ4n) is 3.06. The maximum atomic E-state index is 12.7. The summed E-state index contributed by atoms with van der Waals surface area (Å²) in [6.45, 7) is 3.44.